The first-order valence-corrected chi connectivity index (χ1v) is 10.3. The van der Waals surface area contributed by atoms with Crippen molar-refractivity contribution in [2.45, 2.75) is 39.2 Å². The minimum Gasteiger partial charge on any atom is -0.468 e. The highest BCUT2D eigenvalue weighted by Gasteiger charge is 2.15. The first kappa shape index (κ1) is 14.1. The molecule has 1 N–H and O–H groups in total. The second-order valence-corrected chi connectivity index (χ2v) is 11.1. The molecule has 2 aromatic rings. The number of furan rings is 1. The van der Waals surface area contributed by atoms with Gasteiger partial charge in [0.1, 0.15) is 5.76 Å². The van der Waals surface area contributed by atoms with E-state index in [9.17, 15) is 0 Å². The lowest BCUT2D eigenvalue weighted by molar-refractivity contribution is 0.430. The van der Waals surface area contributed by atoms with Crippen LogP contribution in [-0.2, 0) is 6.54 Å². The van der Waals surface area contributed by atoms with E-state index in [1.807, 2.05) is 12.1 Å². The molecule has 0 saturated carbocycles. The smallest absolute Gasteiger partial charge is 0.120 e. The molecule has 0 amide bonds. The van der Waals surface area contributed by atoms with Gasteiger partial charge in [-0.1, -0.05) is 49.1 Å². The first-order valence-electron chi connectivity index (χ1n) is 6.83. The fourth-order valence-corrected chi connectivity index (χ4v) is 3.20. The van der Waals surface area contributed by atoms with Gasteiger partial charge < -0.3 is 9.73 Å². The molecular formula is C16H23NOSi. The van der Waals surface area contributed by atoms with Crippen LogP contribution in [0, 0.1) is 0 Å². The van der Waals surface area contributed by atoms with Crippen LogP contribution in [0.4, 0.5) is 0 Å². The Morgan fingerprint density at radius 1 is 1.11 bits per heavy atom. The summed E-state index contributed by atoms with van der Waals surface area (Å²) in [5.41, 5.74) is 1.32. The van der Waals surface area contributed by atoms with E-state index in [0.29, 0.717) is 0 Å². The molecule has 2 nitrogen and oxygen atoms in total. The molecule has 2 rings (SSSR count). The van der Waals surface area contributed by atoms with Crippen molar-refractivity contribution in [1.82, 2.24) is 5.32 Å². The van der Waals surface area contributed by atoms with E-state index in [-0.39, 0.29) is 6.04 Å². The first-order chi connectivity index (χ1) is 8.97. The summed E-state index contributed by atoms with van der Waals surface area (Å²) in [7, 11) is -1.18. The second kappa shape index (κ2) is 5.76. The summed E-state index contributed by atoms with van der Waals surface area (Å²) >= 11 is 0. The van der Waals surface area contributed by atoms with Gasteiger partial charge in [0.25, 0.3) is 0 Å². The Morgan fingerprint density at radius 3 is 2.32 bits per heavy atom. The fraction of sp³-hybridized carbons (Fsp3) is 0.375. The average molecular weight is 273 g/mol. The van der Waals surface area contributed by atoms with Gasteiger partial charge in [-0.15, -0.1) is 0 Å². The standard InChI is InChI=1S/C16H23NOSi/c1-13(16-6-5-11-18-16)17-12-14-7-9-15(10-8-14)19(2,3)4/h5-11,13,17H,12H2,1-4H3. The Morgan fingerprint density at radius 2 is 1.79 bits per heavy atom. The fourth-order valence-electron chi connectivity index (χ4n) is 2.03. The van der Waals surface area contributed by atoms with Crippen LogP contribution in [0.3, 0.4) is 0 Å². The van der Waals surface area contributed by atoms with Gasteiger partial charge in [0, 0.05) is 6.54 Å². The lowest BCUT2D eigenvalue weighted by atomic mass is 10.2. The van der Waals surface area contributed by atoms with Crippen LogP contribution in [-0.4, -0.2) is 8.07 Å². The lowest BCUT2D eigenvalue weighted by Crippen LogP contribution is -2.37. The van der Waals surface area contributed by atoms with Crippen molar-refractivity contribution < 1.29 is 4.42 Å². The second-order valence-electron chi connectivity index (χ2n) is 6.06. The van der Waals surface area contributed by atoms with Crippen LogP contribution in [0.5, 0.6) is 0 Å². The lowest BCUT2D eigenvalue weighted by Gasteiger charge is -2.17. The van der Waals surface area contributed by atoms with Gasteiger partial charge >= 0.3 is 0 Å². The molecule has 0 radical (unpaired) electrons. The van der Waals surface area contributed by atoms with Crippen LogP contribution >= 0.6 is 0 Å². The predicted molar refractivity (Wildman–Crippen MR) is 83.4 cm³/mol. The average Bonchev–Trinajstić information content (AvgIpc) is 2.89. The largest absolute Gasteiger partial charge is 0.468 e. The highest BCUT2D eigenvalue weighted by Crippen LogP contribution is 2.13. The summed E-state index contributed by atoms with van der Waals surface area (Å²) < 4.78 is 5.39. The normalized spacial score (nSPS) is 13.5. The van der Waals surface area contributed by atoms with Crippen molar-refractivity contribution in [2.24, 2.45) is 0 Å². The van der Waals surface area contributed by atoms with E-state index in [2.05, 4.69) is 56.1 Å². The Bertz CT molecular complexity index is 497. The highest BCUT2D eigenvalue weighted by molar-refractivity contribution is 6.88. The number of hydrogen-bond acceptors (Lipinski definition) is 2. The Balaban J connectivity index is 1.93. The summed E-state index contributed by atoms with van der Waals surface area (Å²) in [4.78, 5) is 0. The Labute approximate surface area is 116 Å². The van der Waals surface area contributed by atoms with Crippen LogP contribution in [0.2, 0.25) is 19.6 Å². The third-order valence-corrected chi connectivity index (χ3v) is 5.47. The topological polar surface area (TPSA) is 25.2 Å². The maximum Gasteiger partial charge on any atom is 0.120 e. The van der Waals surface area contributed by atoms with Crippen molar-refractivity contribution in [3.63, 3.8) is 0 Å². The molecule has 0 aliphatic heterocycles. The molecule has 1 heterocycles. The monoisotopic (exact) mass is 273 g/mol. The Kier molecular flexibility index (Phi) is 4.27. The molecule has 0 aliphatic carbocycles. The SMILES string of the molecule is CC(NCc1ccc([Si](C)(C)C)cc1)c1ccco1. The van der Waals surface area contributed by atoms with Crippen molar-refractivity contribution >= 4 is 13.3 Å². The number of nitrogens with one attached hydrogen (secondary N) is 1. The van der Waals surface area contributed by atoms with Gasteiger partial charge in [-0.05, 0) is 24.6 Å². The predicted octanol–water partition coefficient (Wildman–Crippen LogP) is 3.68. The van der Waals surface area contributed by atoms with Gasteiger partial charge in [0.15, 0.2) is 0 Å². The van der Waals surface area contributed by atoms with Crippen molar-refractivity contribution in [1.29, 1.82) is 0 Å². The molecule has 0 aliphatic rings. The van der Waals surface area contributed by atoms with Gasteiger partial charge in [-0.2, -0.15) is 0 Å². The molecule has 1 aromatic carbocycles. The third-order valence-electron chi connectivity index (χ3n) is 3.40. The summed E-state index contributed by atoms with van der Waals surface area (Å²) in [6.45, 7) is 10.1. The Hall–Kier alpha value is -1.32. The highest BCUT2D eigenvalue weighted by atomic mass is 28.3. The molecule has 3 heteroatoms. The molecule has 1 aromatic heterocycles. The maximum atomic E-state index is 5.39. The van der Waals surface area contributed by atoms with Crippen molar-refractivity contribution in [2.75, 3.05) is 0 Å². The molecule has 1 unspecified atom stereocenters. The van der Waals surface area contributed by atoms with Gasteiger partial charge in [0.2, 0.25) is 0 Å². The van der Waals surface area contributed by atoms with Crippen molar-refractivity contribution in [3.05, 3.63) is 54.0 Å². The molecule has 102 valence electrons. The molecule has 0 spiro atoms. The molecule has 0 saturated heterocycles. The minimum atomic E-state index is -1.18. The summed E-state index contributed by atoms with van der Waals surface area (Å²) in [6.07, 6.45) is 1.72. The van der Waals surface area contributed by atoms with Crippen LogP contribution < -0.4 is 10.5 Å². The molecule has 1 atom stereocenters. The summed E-state index contributed by atoms with van der Waals surface area (Å²) in [5, 5.41) is 4.99. The van der Waals surface area contributed by atoms with Crippen LogP contribution in [0.25, 0.3) is 0 Å². The van der Waals surface area contributed by atoms with E-state index in [1.54, 1.807) is 6.26 Å². The van der Waals surface area contributed by atoms with Gasteiger partial charge in [-0.3, -0.25) is 0 Å². The summed E-state index contributed by atoms with van der Waals surface area (Å²) in [5.74, 6) is 0.985. The summed E-state index contributed by atoms with van der Waals surface area (Å²) in [6, 6.07) is 13.2. The number of benzene rings is 1. The molecule has 0 bridgehead atoms. The maximum absolute atomic E-state index is 5.39. The zero-order valence-corrected chi connectivity index (χ0v) is 13.2. The number of hydrogen-bond donors (Lipinski definition) is 1. The van der Waals surface area contributed by atoms with E-state index >= 15 is 0 Å². The van der Waals surface area contributed by atoms with Crippen LogP contribution in [0.1, 0.15) is 24.3 Å². The van der Waals surface area contributed by atoms with Gasteiger partial charge in [0.05, 0.1) is 20.4 Å². The zero-order valence-electron chi connectivity index (χ0n) is 12.2. The number of rotatable bonds is 5. The van der Waals surface area contributed by atoms with Gasteiger partial charge in [-0.25, -0.2) is 0 Å². The van der Waals surface area contributed by atoms with Crippen molar-refractivity contribution in [3.8, 4) is 0 Å². The quantitative estimate of drug-likeness (QED) is 0.841. The molecular weight excluding hydrogens is 250 g/mol. The minimum absolute atomic E-state index is 0.242. The molecule has 0 fully saturated rings. The third kappa shape index (κ3) is 3.82. The van der Waals surface area contributed by atoms with E-state index in [0.717, 1.165) is 12.3 Å². The van der Waals surface area contributed by atoms with E-state index in [1.165, 1.54) is 10.8 Å². The van der Waals surface area contributed by atoms with Crippen LogP contribution in [0.15, 0.2) is 47.1 Å². The van der Waals surface area contributed by atoms with E-state index < -0.39 is 8.07 Å². The molecule has 19 heavy (non-hydrogen) atoms. The zero-order chi connectivity index (χ0) is 13.9. The van der Waals surface area contributed by atoms with E-state index in [4.69, 9.17) is 4.42 Å².